The Bertz CT molecular complexity index is 845. The molecule has 0 aliphatic rings. The number of carbonyl (C=O) groups excluding carboxylic acids is 2. The average molecular weight is 362 g/mol. The van der Waals surface area contributed by atoms with E-state index >= 15 is 0 Å². The van der Waals surface area contributed by atoms with Crippen molar-refractivity contribution in [3.05, 3.63) is 59.7 Å². The smallest absolute Gasteiger partial charge is 0.324 e. The van der Waals surface area contributed by atoms with Crippen molar-refractivity contribution in [3.8, 4) is 6.07 Å². The first-order valence-electron chi connectivity index (χ1n) is 7.30. The fraction of sp³-hybridized carbons (Fsp3) is 0.118. The predicted octanol–water partition coefficient (Wildman–Crippen LogP) is 3.31. The Labute approximate surface area is 146 Å². The second kappa shape index (κ2) is 8.02. The highest BCUT2D eigenvalue weighted by molar-refractivity contribution is 6.04. The summed E-state index contributed by atoms with van der Waals surface area (Å²) in [6.45, 7) is 0. The number of hydrogen-bond donors (Lipinski definition) is 3. The van der Waals surface area contributed by atoms with Gasteiger partial charge < -0.3 is 5.32 Å². The van der Waals surface area contributed by atoms with Gasteiger partial charge in [0.25, 0.3) is 5.91 Å². The molecule has 0 bridgehead atoms. The van der Waals surface area contributed by atoms with E-state index in [9.17, 15) is 22.8 Å². The molecule has 0 saturated heterocycles. The van der Waals surface area contributed by atoms with E-state index < -0.39 is 35.5 Å². The van der Waals surface area contributed by atoms with E-state index in [2.05, 4.69) is 16.2 Å². The molecule has 9 heteroatoms. The van der Waals surface area contributed by atoms with E-state index in [-0.39, 0.29) is 5.69 Å². The summed E-state index contributed by atoms with van der Waals surface area (Å²) in [7, 11) is 0. The van der Waals surface area contributed by atoms with E-state index in [1.165, 1.54) is 0 Å². The Balaban J connectivity index is 2.27. The Kier molecular flexibility index (Phi) is 5.80. The van der Waals surface area contributed by atoms with Crippen LogP contribution in [0, 0.1) is 11.3 Å². The minimum atomic E-state index is -4.66. The minimum Gasteiger partial charge on any atom is -0.324 e. The number of halogens is 3. The standard InChI is InChI=1S/C17H13F3N4O2/c18-17(19,20)11-6-7-14(22-15(25)8-9-21)13(10-11)16(26)24-23-12-4-2-1-3-5-12/h1-7,10,23H,8H2,(H,22,25)(H,24,26). The van der Waals surface area contributed by atoms with Crippen LogP contribution in [0.2, 0.25) is 0 Å². The van der Waals surface area contributed by atoms with Crippen LogP contribution in [0.1, 0.15) is 22.3 Å². The number of amides is 2. The Morgan fingerprint density at radius 1 is 1.08 bits per heavy atom. The molecule has 0 fully saturated rings. The van der Waals surface area contributed by atoms with Crippen LogP contribution < -0.4 is 16.2 Å². The molecule has 0 heterocycles. The number of nitrogens with zero attached hydrogens (tertiary/aromatic N) is 1. The second-order valence-electron chi connectivity index (χ2n) is 5.09. The zero-order valence-electron chi connectivity index (χ0n) is 13.2. The average Bonchev–Trinajstić information content (AvgIpc) is 2.60. The number of hydrogen-bond acceptors (Lipinski definition) is 4. The summed E-state index contributed by atoms with van der Waals surface area (Å²) in [5, 5.41) is 10.8. The second-order valence-corrected chi connectivity index (χ2v) is 5.09. The van der Waals surface area contributed by atoms with Crippen molar-refractivity contribution < 1.29 is 22.8 Å². The van der Waals surface area contributed by atoms with Gasteiger partial charge in [0, 0.05) is 0 Å². The number of nitriles is 1. The molecule has 0 aliphatic heterocycles. The van der Waals surface area contributed by atoms with Crippen molar-refractivity contribution in [2.24, 2.45) is 0 Å². The molecular formula is C17H13F3N4O2. The molecule has 0 unspecified atom stereocenters. The quantitative estimate of drug-likeness (QED) is 0.711. The van der Waals surface area contributed by atoms with E-state index in [1.807, 2.05) is 0 Å². The molecule has 2 aromatic carbocycles. The fourth-order valence-corrected chi connectivity index (χ4v) is 2.00. The van der Waals surface area contributed by atoms with Gasteiger partial charge in [0.2, 0.25) is 5.91 Å². The van der Waals surface area contributed by atoms with Crippen LogP contribution in [0.15, 0.2) is 48.5 Å². The molecule has 0 atom stereocenters. The molecule has 2 rings (SSSR count). The van der Waals surface area contributed by atoms with Crippen LogP contribution in [0.25, 0.3) is 0 Å². The molecule has 2 amide bonds. The number of benzene rings is 2. The van der Waals surface area contributed by atoms with Gasteiger partial charge in [0.05, 0.1) is 28.6 Å². The summed E-state index contributed by atoms with van der Waals surface area (Å²) >= 11 is 0. The maximum Gasteiger partial charge on any atom is 0.416 e. The van der Waals surface area contributed by atoms with Crippen LogP contribution in [0.5, 0.6) is 0 Å². The Morgan fingerprint density at radius 3 is 2.38 bits per heavy atom. The molecule has 0 spiro atoms. The van der Waals surface area contributed by atoms with Gasteiger partial charge in [-0.3, -0.25) is 20.4 Å². The van der Waals surface area contributed by atoms with Gasteiger partial charge in [-0.2, -0.15) is 18.4 Å². The lowest BCUT2D eigenvalue weighted by Crippen LogP contribution is -2.30. The van der Waals surface area contributed by atoms with Crippen molar-refractivity contribution in [1.29, 1.82) is 5.26 Å². The maximum absolute atomic E-state index is 12.9. The number of anilines is 2. The molecule has 2 aromatic rings. The molecule has 26 heavy (non-hydrogen) atoms. The highest BCUT2D eigenvalue weighted by atomic mass is 19.4. The topological polar surface area (TPSA) is 94.0 Å². The van der Waals surface area contributed by atoms with Crippen molar-refractivity contribution in [2.45, 2.75) is 12.6 Å². The van der Waals surface area contributed by atoms with Crippen molar-refractivity contribution >= 4 is 23.2 Å². The molecule has 134 valence electrons. The Hall–Kier alpha value is -3.54. The summed E-state index contributed by atoms with van der Waals surface area (Å²) in [5.74, 6) is -1.62. The molecular weight excluding hydrogens is 349 g/mol. The molecule has 0 aliphatic carbocycles. The lowest BCUT2D eigenvalue weighted by molar-refractivity contribution is -0.137. The highest BCUT2D eigenvalue weighted by Gasteiger charge is 2.32. The van der Waals surface area contributed by atoms with Gasteiger partial charge in [0.1, 0.15) is 6.42 Å². The van der Waals surface area contributed by atoms with Gasteiger partial charge in [0.15, 0.2) is 0 Å². The van der Waals surface area contributed by atoms with Gasteiger partial charge in [-0.25, -0.2) is 0 Å². The number of nitrogens with one attached hydrogen (secondary N) is 3. The summed E-state index contributed by atoms with van der Waals surface area (Å²) in [6.07, 6.45) is -5.15. The normalized spacial score (nSPS) is 10.5. The van der Waals surface area contributed by atoms with E-state index in [0.717, 1.165) is 12.1 Å². The van der Waals surface area contributed by atoms with Gasteiger partial charge >= 0.3 is 6.18 Å². The molecule has 0 saturated carbocycles. The number of hydrazine groups is 1. The lowest BCUT2D eigenvalue weighted by atomic mass is 10.1. The van der Waals surface area contributed by atoms with E-state index in [0.29, 0.717) is 11.8 Å². The van der Waals surface area contributed by atoms with Crippen LogP contribution >= 0.6 is 0 Å². The van der Waals surface area contributed by atoms with Gasteiger partial charge in [-0.15, -0.1) is 0 Å². The van der Waals surface area contributed by atoms with Crippen molar-refractivity contribution in [3.63, 3.8) is 0 Å². The predicted molar refractivity (Wildman–Crippen MR) is 87.8 cm³/mol. The first-order valence-corrected chi connectivity index (χ1v) is 7.30. The van der Waals surface area contributed by atoms with Crippen LogP contribution in [0.4, 0.5) is 24.5 Å². The van der Waals surface area contributed by atoms with Crippen molar-refractivity contribution in [1.82, 2.24) is 5.43 Å². The van der Waals surface area contributed by atoms with Crippen molar-refractivity contribution in [2.75, 3.05) is 10.7 Å². The lowest BCUT2D eigenvalue weighted by Gasteiger charge is -2.15. The largest absolute Gasteiger partial charge is 0.416 e. The zero-order chi connectivity index (χ0) is 19.2. The molecule has 0 radical (unpaired) electrons. The van der Waals surface area contributed by atoms with E-state index in [1.54, 1.807) is 36.4 Å². The maximum atomic E-state index is 12.9. The van der Waals surface area contributed by atoms with Gasteiger partial charge in [-0.1, -0.05) is 18.2 Å². The number of rotatable bonds is 5. The third-order valence-corrected chi connectivity index (χ3v) is 3.20. The van der Waals surface area contributed by atoms with Gasteiger partial charge in [-0.05, 0) is 30.3 Å². The van der Waals surface area contributed by atoms with Crippen LogP contribution in [-0.2, 0) is 11.0 Å². The summed E-state index contributed by atoms with van der Waals surface area (Å²) < 4.78 is 38.8. The Morgan fingerprint density at radius 2 is 1.77 bits per heavy atom. The summed E-state index contributed by atoms with van der Waals surface area (Å²) in [5.41, 5.74) is 3.78. The summed E-state index contributed by atoms with van der Waals surface area (Å²) in [6, 6.07) is 12.4. The first-order chi connectivity index (χ1) is 12.3. The molecule has 0 aromatic heterocycles. The zero-order valence-corrected chi connectivity index (χ0v) is 13.2. The number of para-hydroxylation sites is 1. The third kappa shape index (κ3) is 4.98. The monoisotopic (exact) mass is 362 g/mol. The highest BCUT2D eigenvalue weighted by Crippen LogP contribution is 2.32. The van der Waals surface area contributed by atoms with Crippen LogP contribution in [0.3, 0.4) is 0 Å². The number of alkyl halides is 3. The molecule has 6 nitrogen and oxygen atoms in total. The summed E-state index contributed by atoms with van der Waals surface area (Å²) in [4.78, 5) is 23.8. The fourth-order valence-electron chi connectivity index (χ4n) is 2.00. The first kappa shape index (κ1) is 18.8. The van der Waals surface area contributed by atoms with Crippen LogP contribution in [-0.4, -0.2) is 11.8 Å². The SMILES string of the molecule is N#CCC(=O)Nc1ccc(C(F)(F)F)cc1C(=O)NNc1ccccc1. The molecule has 3 N–H and O–H groups in total. The third-order valence-electron chi connectivity index (χ3n) is 3.20. The van der Waals surface area contributed by atoms with E-state index in [4.69, 9.17) is 5.26 Å². The number of carbonyl (C=O) groups is 2. The minimum absolute atomic E-state index is 0.134.